The minimum Gasteiger partial charge on any atom is -0.306 e. The standard InChI is InChI=1S/C15H14BrClN2O2/c1-10(11-3-2-4-13(17)7-11)18-9-12-5-6-14(19(20)21)8-15(12)16/h2-8,10,18H,9H2,1H3/t10-/m0/s1. The van der Waals surface area contributed by atoms with E-state index in [9.17, 15) is 10.1 Å². The van der Waals surface area contributed by atoms with Gasteiger partial charge in [-0.2, -0.15) is 0 Å². The number of hydrogen-bond donors (Lipinski definition) is 1. The SMILES string of the molecule is C[C@H](NCc1ccc([N+](=O)[O-])cc1Br)c1cccc(Cl)c1. The van der Waals surface area contributed by atoms with Crippen LogP contribution in [-0.2, 0) is 6.54 Å². The molecule has 0 aliphatic carbocycles. The van der Waals surface area contributed by atoms with E-state index in [2.05, 4.69) is 21.2 Å². The lowest BCUT2D eigenvalue weighted by atomic mass is 10.1. The molecule has 0 saturated heterocycles. The topological polar surface area (TPSA) is 55.2 Å². The van der Waals surface area contributed by atoms with Crippen molar-refractivity contribution in [3.8, 4) is 0 Å². The Morgan fingerprint density at radius 3 is 2.71 bits per heavy atom. The second kappa shape index (κ2) is 7.02. The molecule has 1 N–H and O–H groups in total. The second-order valence-electron chi connectivity index (χ2n) is 4.69. The zero-order chi connectivity index (χ0) is 15.4. The fourth-order valence-electron chi connectivity index (χ4n) is 1.95. The van der Waals surface area contributed by atoms with Gasteiger partial charge in [0.1, 0.15) is 0 Å². The molecule has 0 aliphatic rings. The first-order chi connectivity index (χ1) is 9.97. The summed E-state index contributed by atoms with van der Waals surface area (Å²) >= 11 is 9.35. The van der Waals surface area contributed by atoms with Gasteiger partial charge in [-0.15, -0.1) is 0 Å². The number of non-ortho nitro benzene ring substituents is 1. The van der Waals surface area contributed by atoms with E-state index in [0.29, 0.717) is 11.6 Å². The first-order valence-electron chi connectivity index (χ1n) is 6.39. The highest BCUT2D eigenvalue weighted by Gasteiger charge is 2.10. The summed E-state index contributed by atoms with van der Waals surface area (Å²) in [5, 5.41) is 14.8. The fourth-order valence-corrected chi connectivity index (χ4v) is 2.66. The molecule has 0 saturated carbocycles. The third-order valence-electron chi connectivity index (χ3n) is 3.19. The lowest BCUT2D eigenvalue weighted by Crippen LogP contribution is -2.18. The van der Waals surface area contributed by atoms with Crippen LogP contribution in [0.15, 0.2) is 46.9 Å². The molecule has 1 atom stereocenters. The summed E-state index contributed by atoms with van der Waals surface area (Å²) < 4.78 is 0.725. The van der Waals surface area contributed by atoms with E-state index < -0.39 is 4.92 Å². The predicted molar refractivity (Wildman–Crippen MR) is 87.5 cm³/mol. The molecule has 2 rings (SSSR count). The summed E-state index contributed by atoms with van der Waals surface area (Å²) in [4.78, 5) is 10.3. The predicted octanol–water partition coefficient (Wildman–Crippen LogP) is 4.86. The van der Waals surface area contributed by atoms with E-state index >= 15 is 0 Å². The second-order valence-corrected chi connectivity index (χ2v) is 5.98. The van der Waals surface area contributed by atoms with Gasteiger partial charge in [0.15, 0.2) is 0 Å². The molecule has 0 unspecified atom stereocenters. The largest absolute Gasteiger partial charge is 0.306 e. The molecule has 0 heterocycles. The number of halogens is 2. The van der Waals surface area contributed by atoms with Gasteiger partial charge in [0, 0.05) is 34.2 Å². The molecule has 0 bridgehead atoms. The zero-order valence-corrected chi connectivity index (χ0v) is 13.7. The molecule has 0 amide bonds. The van der Waals surface area contributed by atoms with Crippen molar-refractivity contribution in [2.45, 2.75) is 19.5 Å². The maximum absolute atomic E-state index is 10.7. The maximum Gasteiger partial charge on any atom is 0.270 e. The van der Waals surface area contributed by atoms with Crippen molar-refractivity contribution < 1.29 is 4.92 Å². The molecular formula is C15H14BrClN2O2. The van der Waals surface area contributed by atoms with Crippen molar-refractivity contribution in [1.29, 1.82) is 0 Å². The molecule has 2 aromatic rings. The van der Waals surface area contributed by atoms with Crippen molar-refractivity contribution in [3.63, 3.8) is 0 Å². The molecule has 4 nitrogen and oxygen atoms in total. The molecule has 0 radical (unpaired) electrons. The molecule has 110 valence electrons. The summed E-state index contributed by atoms with van der Waals surface area (Å²) in [6, 6.07) is 12.6. The Balaban J connectivity index is 2.04. The summed E-state index contributed by atoms with van der Waals surface area (Å²) in [6.45, 7) is 2.65. The highest BCUT2D eigenvalue weighted by atomic mass is 79.9. The minimum atomic E-state index is -0.406. The average Bonchev–Trinajstić information content (AvgIpc) is 2.45. The van der Waals surface area contributed by atoms with Crippen molar-refractivity contribution in [2.75, 3.05) is 0 Å². The van der Waals surface area contributed by atoms with Crippen molar-refractivity contribution in [3.05, 3.63) is 73.2 Å². The summed E-state index contributed by atoms with van der Waals surface area (Å²) in [5.74, 6) is 0. The smallest absolute Gasteiger partial charge is 0.270 e. The van der Waals surface area contributed by atoms with E-state index in [0.717, 1.165) is 15.6 Å². The first kappa shape index (κ1) is 15.9. The summed E-state index contributed by atoms with van der Waals surface area (Å²) in [7, 11) is 0. The van der Waals surface area contributed by atoms with Gasteiger partial charge in [0.25, 0.3) is 5.69 Å². The van der Waals surface area contributed by atoms with E-state index in [1.54, 1.807) is 6.07 Å². The average molecular weight is 370 g/mol. The maximum atomic E-state index is 10.7. The molecule has 21 heavy (non-hydrogen) atoms. The molecule has 0 aliphatic heterocycles. The first-order valence-corrected chi connectivity index (χ1v) is 7.56. The van der Waals surface area contributed by atoms with Crippen LogP contribution in [0, 0.1) is 10.1 Å². The fraction of sp³-hybridized carbons (Fsp3) is 0.200. The highest BCUT2D eigenvalue weighted by molar-refractivity contribution is 9.10. The Kier molecular flexibility index (Phi) is 5.33. The zero-order valence-electron chi connectivity index (χ0n) is 11.3. The lowest BCUT2D eigenvalue weighted by molar-refractivity contribution is -0.384. The molecular weight excluding hydrogens is 356 g/mol. The van der Waals surface area contributed by atoms with Crippen molar-refractivity contribution in [1.82, 2.24) is 5.32 Å². The third-order valence-corrected chi connectivity index (χ3v) is 4.17. The van der Waals surface area contributed by atoms with Gasteiger partial charge in [0.05, 0.1) is 4.92 Å². The quantitative estimate of drug-likeness (QED) is 0.605. The number of benzene rings is 2. The highest BCUT2D eigenvalue weighted by Crippen LogP contribution is 2.24. The van der Waals surface area contributed by atoms with Gasteiger partial charge in [-0.3, -0.25) is 10.1 Å². The van der Waals surface area contributed by atoms with Gasteiger partial charge in [-0.05, 0) is 36.2 Å². The van der Waals surface area contributed by atoms with E-state index in [4.69, 9.17) is 11.6 Å². The van der Waals surface area contributed by atoms with Crippen LogP contribution in [0.25, 0.3) is 0 Å². The third kappa shape index (κ3) is 4.27. The number of rotatable bonds is 5. The van der Waals surface area contributed by atoms with Crippen LogP contribution in [0.5, 0.6) is 0 Å². The normalized spacial score (nSPS) is 12.1. The van der Waals surface area contributed by atoms with Crippen LogP contribution in [0.4, 0.5) is 5.69 Å². The van der Waals surface area contributed by atoms with Crippen LogP contribution >= 0.6 is 27.5 Å². The summed E-state index contributed by atoms with van der Waals surface area (Å²) in [5.41, 5.74) is 2.14. The van der Waals surface area contributed by atoms with Crippen LogP contribution in [0.3, 0.4) is 0 Å². The number of hydrogen-bond acceptors (Lipinski definition) is 3. The minimum absolute atomic E-state index is 0.0773. The molecule has 0 spiro atoms. The van der Waals surface area contributed by atoms with Gasteiger partial charge in [-0.1, -0.05) is 39.7 Å². The van der Waals surface area contributed by atoms with Crippen LogP contribution in [0.1, 0.15) is 24.1 Å². The number of nitro groups is 1. The van der Waals surface area contributed by atoms with E-state index in [-0.39, 0.29) is 11.7 Å². The number of nitrogens with one attached hydrogen (secondary N) is 1. The number of nitro benzene ring substituents is 1. The Morgan fingerprint density at radius 2 is 2.10 bits per heavy atom. The van der Waals surface area contributed by atoms with Crippen molar-refractivity contribution >= 4 is 33.2 Å². The molecule has 6 heteroatoms. The van der Waals surface area contributed by atoms with Gasteiger partial charge >= 0.3 is 0 Å². The Labute approximate surface area is 136 Å². The monoisotopic (exact) mass is 368 g/mol. The van der Waals surface area contributed by atoms with Crippen molar-refractivity contribution in [2.24, 2.45) is 0 Å². The Bertz CT molecular complexity index is 664. The van der Waals surface area contributed by atoms with Crippen LogP contribution in [-0.4, -0.2) is 4.92 Å². The lowest BCUT2D eigenvalue weighted by Gasteiger charge is -2.15. The van der Waals surface area contributed by atoms with E-state index in [1.807, 2.05) is 31.2 Å². The van der Waals surface area contributed by atoms with Gasteiger partial charge in [0.2, 0.25) is 0 Å². The van der Waals surface area contributed by atoms with Gasteiger partial charge in [-0.25, -0.2) is 0 Å². The van der Waals surface area contributed by atoms with Gasteiger partial charge < -0.3 is 5.32 Å². The Morgan fingerprint density at radius 1 is 1.33 bits per heavy atom. The summed E-state index contributed by atoms with van der Waals surface area (Å²) in [6.07, 6.45) is 0. The van der Waals surface area contributed by atoms with E-state index in [1.165, 1.54) is 12.1 Å². The van der Waals surface area contributed by atoms with Crippen LogP contribution in [0.2, 0.25) is 5.02 Å². The molecule has 2 aromatic carbocycles. The number of nitrogens with zero attached hydrogens (tertiary/aromatic N) is 1. The molecule has 0 aromatic heterocycles. The molecule has 0 fully saturated rings. The Hall–Kier alpha value is -1.43. The van der Waals surface area contributed by atoms with Crippen LogP contribution < -0.4 is 5.32 Å².